The highest BCUT2D eigenvalue weighted by Gasteiger charge is 2.20. The Balaban J connectivity index is 1.56. The average Bonchev–Trinajstić information content (AvgIpc) is 3.04. The maximum absolute atomic E-state index is 12.7. The van der Waals surface area contributed by atoms with Crippen LogP contribution in [-0.4, -0.2) is 12.0 Å². The SMILES string of the molecule is Cc1ccc(O[C@@H](C)C(=O)Nc2ccc3c4c(cccc24)CC3)c(C)c1. The van der Waals surface area contributed by atoms with Gasteiger partial charge in [0.05, 0.1) is 0 Å². The maximum Gasteiger partial charge on any atom is 0.265 e. The molecule has 3 aromatic carbocycles. The molecule has 0 radical (unpaired) electrons. The minimum absolute atomic E-state index is 0.135. The molecule has 1 aliphatic rings. The smallest absolute Gasteiger partial charge is 0.265 e. The third kappa shape index (κ3) is 2.94. The van der Waals surface area contributed by atoms with E-state index in [-0.39, 0.29) is 5.91 Å². The van der Waals surface area contributed by atoms with E-state index in [4.69, 9.17) is 4.74 Å². The molecular weight excluding hydrogens is 322 g/mol. The molecule has 1 aliphatic carbocycles. The van der Waals surface area contributed by atoms with Crippen LogP contribution in [0.1, 0.15) is 29.2 Å². The summed E-state index contributed by atoms with van der Waals surface area (Å²) in [5.41, 5.74) is 5.81. The van der Waals surface area contributed by atoms with Gasteiger partial charge in [0.25, 0.3) is 5.91 Å². The number of ether oxygens (including phenoxy) is 1. The molecule has 0 unspecified atom stereocenters. The molecule has 132 valence electrons. The molecule has 1 N–H and O–H groups in total. The number of nitrogens with one attached hydrogen (secondary N) is 1. The zero-order chi connectivity index (χ0) is 18.3. The molecule has 0 saturated heterocycles. The van der Waals surface area contributed by atoms with Crippen molar-refractivity contribution in [3.05, 3.63) is 70.8 Å². The Hall–Kier alpha value is -2.81. The molecule has 1 atom stereocenters. The lowest BCUT2D eigenvalue weighted by Crippen LogP contribution is -2.30. The molecule has 0 aromatic heterocycles. The van der Waals surface area contributed by atoms with E-state index in [0.29, 0.717) is 0 Å². The van der Waals surface area contributed by atoms with Crippen molar-refractivity contribution in [1.82, 2.24) is 0 Å². The van der Waals surface area contributed by atoms with Gasteiger partial charge < -0.3 is 10.1 Å². The van der Waals surface area contributed by atoms with Crippen molar-refractivity contribution in [3.63, 3.8) is 0 Å². The van der Waals surface area contributed by atoms with Crippen molar-refractivity contribution in [1.29, 1.82) is 0 Å². The second-order valence-electron chi connectivity index (χ2n) is 7.13. The predicted octanol–water partition coefficient (Wildman–Crippen LogP) is 4.96. The van der Waals surface area contributed by atoms with Crippen molar-refractivity contribution >= 4 is 22.4 Å². The third-order valence-electron chi connectivity index (χ3n) is 5.14. The molecule has 0 fully saturated rings. The molecule has 0 spiro atoms. The van der Waals surface area contributed by atoms with Crippen molar-refractivity contribution in [2.45, 2.75) is 39.7 Å². The summed E-state index contributed by atoms with van der Waals surface area (Å²) in [6.07, 6.45) is 1.59. The van der Waals surface area contributed by atoms with E-state index in [1.54, 1.807) is 6.92 Å². The zero-order valence-corrected chi connectivity index (χ0v) is 15.4. The molecule has 0 aliphatic heterocycles. The first-order chi connectivity index (χ1) is 12.5. The third-order valence-corrected chi connectivity index (χ3v) is 5.14. The van der Waals surface area contributed by atoms with Gasteiger partial charge in [0.2, 0.25) is 0 Å². The van der Waals surface area contributed by atoms with Crippen LogP contribution in [0.2, 0.25) is 0 Å². The van der Waals surface area contributed by atoms with Gasteiger partial charge >= 0.3 is 0 Å². The minimum Gasteiger partial charge on any atom is -0.481 e. The summed E-state index contributed by atoms with van der Waals surface area (Å²) in [6.45, 7) is 5.83. The van der Waals surface area contributed by atoms with E-state index in [1.807, 2.05) is 32.0 Å². The number of hydrogen-bond acceptors (Lipinski definition) is 2. The molecule has 3 heteroatoms. The van der Waals surface area contributed by atoms with E-state index in [1.165, 1.54) is 22.1 Å². The highest BCUT2D eigenvalue weighted by Crippen LogP contribution is 2.35. The number of anilines is 1. The van der Waals surface area contributed by atoms with Crippen LogP contribution >= 0.6 is 0 Å². The van der Waals surface area contributed by atoms with E-state index >= 15 is 0 Å². The van der Waals surface area contributed by atoms with Crippen LogP contribution in [0, 0.1) is 13.8 Å². The monoisotopic (exact) mass is 345 g/mol. The van der Waals surface area contributed by atoms with Gasteiger partial charge in [-0.2, -0.15) is 0 Å². The molecular formula is C23H23NO2. The fourth-order valence-electron chi connectivity index (χ4n) is 3.77. The number of carbonyl (C=O) groups excluding carboxylic acids is 1. The van der Waals surface area contributed by atoms with Crippen LogP contribution in [-0.2, 0) is 17.6 Å². The molecule has 3 aromatic rings. The molecule has 4 rings (SSSR count). The Morgan fingerprint density at radius 1 is 1.04 bits per heavy atom. The fourth-order valence-corrected chi connectivity index (χ4v) is 3.77. The van der Waals surface area contributed by atoms with E-state index in [9.17, 15) is 4.79 Å². The Bertz CT molecular complexity index is 996. The normalized spacial score (nSPS) is 13.7. The minimum atomic E-state index is -0.570. The number of benzene rings is 3. The molecule has 3 nitrogen and oxygen atoms in total. The van der Waals surface area contributed by atoms with E-state index in [2.05, 4.69) is 35.6 Å². The van der Waals surface area contributed by atoms with Crippen molar-refractivity contribution in [2.24, 2.45) is 0 Å². The molecule has 1 amide bonds. The second-order valence-corrected chi connectivity index (χ2v) is 7.13. The highest BCUT2D eigenvalue weighted by molar-refractivity contribution is 6.06. The number of carbonyl (C=O) groups is 1. The van der Waals surface area contributed by atoms with Gasteiger partial charge in [0, 0.05) is 11.1 Å². The van der Waals surface area contributed by atoms with Gasteiger partial charge in [-0.1, -0.05) is 42.0 Å². The number of amides is 1. The summed E-state index contributed by atoms with van der Waals surface area (Å²) in [7, 11) is 0. The number of aryl methyl sites for hydroxylation is 4. The lowest BCUT2D eigenvalue weighted by Gasteiger charge is -2.17. The Morgan fingerprint density at radius 3 is 2.58 bits per heavy atom. The van der Waals surface area contributed by atoms with Gasteiger partial charge in [-0.15, -0.1) is 0 Å². The van der Waals surface area contributed by atoms with Crippen molar-refractivity contribution in [3.8, 4) is 5.75 Å². The first-order valence-corrected chi connectivity index (χ1v) is 9.11. The van der Waals surface area contributed by atoms with Crippen molar-refractivity contribution < 1.29 is 9.53 Å². The van der Waals surface area contributed by atoms with Gasteiger partial charge in [-0.3, -0.25) is 4.79 Å². The predicted molar refractivity (Wildman–Crippen MR) is 106 cm³/mol. The summed E-state index contributed by atoms with van der Waals surface area (Å²) >= 11 is 0. The first kappa shape index (κ1) is 16.6. The average molecular weight is 345 g/mol. The van der Waals surface area contributed by atoms with Crippen LogP contribution in [0.25, 0.3) is 10.8 Å². The molecule has 26 heavy (non-hydrogen) atoms. The van der Waals surface area contributed by atoms with Crippen LogP contribution in [0.3, 0.4) is 0 Å². The highest BCUT2D eigenvalue weighted by atomic mass is 16.5. The topological polar surface area (TPSA) is 38.3 Å². The largest absolute Gasteiger partial charge is 0.481 e. The Kier molecular flexibility index (Phi) is 4.15. The van der Waals surface area contributed by atoms with Gasteiger partial charge in [0.15, 0.2) is 6.10 Å². The Labute approximate surface area is 154 Å². The van der Waals surface area contributed by atoms with Crippen LogP contribution < -0.4 is 10.1 Å². The lowest BCUT2D eigenvalue weighted by atomic mass is 10.0. The first-order valence-electron chi connectivity index (χ1n) is 9.11. The standard InChI is InChI=1S/C23H23NO2/c1-14-7-12-21(15(2)13-14)26-16(3)23(25)24-20-11-10-18-9-8-17-5-4-6-19(20)22(17)18/h4-7,10-13,16H,8-9H2,1-3H3,(H,24,25)/t16-/m0/s1. The summed E-state index contributed by atoms with van der Waals surface area (Å²) in [5, 5.41) is 5.47. The Morgan fingerprint density at radius 2 is 1.81 bits per heavy atom. The maximum atomic E-state index is 12.7. The van der Waals surface area contributed by atoms with Gasteiger partial charge in [-0.05, 0) is 67.8 Å². The molecule has 0 saturated carbocycles. The summed E-state index contributed by atoms with van der Waals surface area (Å²) in [4.78, 5) is 12.7. The van der Waals surface area contributed by atoms with Crippen LogP contribution in [0.4, 0.5) is 5.69 Å². The second kappa shape index (κ2) is 6.49. The summed E-state index contributed by atoms with van der Waals surface area (Å²) < 4.78 is 5.89. The number of hydrogen-bond donors (Lipinski definition) is 1. The van der Waals surface area contributed by atoms with E-state index < -0.39 is 6.10 Å². The summed E-state index contributed by atoms with van der Waals surface area (Å²) in [6, 6.07) is 16.4. The molecule has 0 bridgehead atoms. The summed E-state index contributed by atoms with van der Waals surface area (Å²) in [5.74, 6) is 0.613. The van der Waals surface area contributed by atoms with Crippen molar-refractivity contribution in [2.75, 3.05) is 5.32 Å². The lowest BCUT2D eigenvalue weighted by molar-refractivity contribution is -0.122. The quantitative estimate of drug-likeness (QED) is 0.726. The zero-order valence-electron chi connectivity index (χ0n) is 15.4. The number of rotatable bonds is 4. The van der Waals surface area contributed by atoms with E-state index in [0.717, 1.165) is 35.2 Å². The molecule has 0 heterocycles. The fraction of sp³-hybridized carbons (Fsp3) is 0.261. The van der Waals surface area contributed by atoms with Gasteiger partial charge in [-0.25, -0.2) is 0 Å². The van der Waals surface area contributed by atoms with Gasteiger partial charge in [0.1, 0.15) is 5.75 Å². The van der Waals surface area contributed by atoms with Crippen LogP contribution in [0.15, 0.2) is 48.5 Å². The van der Waals surface area contributed by atoms with Crippen LogP contribution in [0.5, 0.6) is 5.75 Å².